The predicted molar refractivity (Wildman–Crippen MR) is 77.2 cm³/mol. The van der Waals surface area contributed by atoms with Crippen LogP contribution in [0.5, 0.6) is 6.01 Å². The van der Waals surface area contributed by atoms with Crippen LogP contribution in [0.15, 0.2) is 36.5 Å². The van der Waals surface area contributed by atoms with Gasteiger partial charge in [-0.25, -0.2) is 5.10 Å². The zero-order chi connectivity index (χ0) is 14.7. The lowest BCUT2D eigenvalue weighted by Gasteiger charge is -2.03. The molecule has 0 saturated heterocycles. The van der Waals surface area contributed by atoms with E-state index >= 15 is 0 Å². The summed E-state index contributed by atoms with van der Waals surface area (Å²) in [6.07, 6.45) is 1.71. The smallest absolute Gasteiger partial charge is 0.337 e. The highest BCUT2D eigenvalue weighted by molar-refractivity contribution is 6.05. The number of ether oxygens (including phenoxy) is 1. The van der Waals surface area contributed by atoms with E-state index in [1.54, 1.807) is 24.4 Å². The summed E-state index contributed by atoms with van der Waals surface area (Å²) in [4.78, 5) is 20.4. The van der Waals surface area contributed by atoms with Gasteiger partial charge in [0.05, 0.1) is 12.1 Å². The third-order valence-corrected chi connectivity index (χ3v) is 2.84. The maximum Gasteiger partial charge on any atom is 0.337 e. The number of aromatic amines is 1. The Balaban J connectivity index is 1.79. The van der Waals surface area contributed by atoms with E-state index in [0.717, 1.165) is 10.9 Å². The van der Waals surface area contributed by atoms with Crippen LogP contribution in [0.1, 0.15) is 17.3 Å². The molecular formula is C14H13N5O2. The molecule has 0 radical (unpaired) electrons. The van der Waals surface area contributed by atoms with E-state index in [9.17, 15) is 4.79 Å². The molecule has 7 nitrogen and oxygen atoms in total. The summed E-state index contributed by atoms with van der Waals surface area (Å²) in [5.41, 5.74) is 1.36. The molecule has 2 N–H and O–H groups in total. The predicted octanol–water partition coefficient (Wildman–Crippen LogP) is 2.00. The molecule has 0 aliphatic heterocycles. The minimum atomic E-state index is -0.278. The Hall–Kier alpha value is -2.96. The highest BCUT2D eigenvalue weighted by atomic mass is 16.5. The number of rotatable bonds is 4. The Morgan fingerprint density at radius 3 is 3.14 bits per heavy atom. The molecular weight excluding hydrogens is 270 g/mol. The van der Waals surface area contributed by atoms with Gasteiger partial charge in [0.25, 0.3) is 5.91 Å². The Labute approximate surface area is 120 Å². The van der Waals surface area contributed by atoms with Crippen LogP contribution < -0.4 is 10.1 Å². The summed E-state index contributed by atoms with van der Waals surface area (Å²) in [6, 6.07) is 9.23. The second-order valence-electron chi connectivity index (χ2n) is 4.26. The molecule has 0 unspecified atom stereocenters. The maximum atomic E-state index is 12.2. The van der Waals surface area contributed by atoms with Crippen molar-refractivity contribution in [1.29, 1.82) is 0 Å². The molecule has 0 aliphatic rings. The van der Waals surface area contributed by atoms with Gasteiger partial charge >= 0.3 is 6.01 Å². The fraction of sp³-hybridized carbons (Fsp3) is 0.143. The molecule has 3 rings (SSSR count). The van der Waals surface area contributed by atoms with Crippen molar-refractivity contribution in [2.24, 2.45) is 0 Å². The zero-order valence-electron chi connectivity index (χ0n) is 11.3. The lowest BCUT2D eigenvalue weighted by molar-refractivity contribution is 0.102. The molecule has 2 heterocycles. The molecule has 0 bridgehead atoms. The normalized spacial score (nSPS) is 10.5. The Morgan fingerprint density at radius 2 is 2.29 bits per heavy atom. The fourth-order valence-electron chi connectivity index (χ4n) is 1.89. The molecule has 3 aromatic rings. The van der Waals surface area contributed by atoms with E-state index in [4.69, 9.17) is 4.74 Å². The second kappa shape index (κ2) is 5.58. The summed E-state index contributed by atoms with van der Waals surface area (Å²) < 4.78 is 5.12. The van der Waals surface area contributed by atoms with E-state index in [1.807, 2.05) is 19.1 Å². The lowest BCUT2D eigenvalue weighted by Crippen LogP contribution is -2.13. The van der Waals surface area contributed by atoms with Gasteiger partial charge in [-0.3, -0.25) is 15.1 Å². The molecule has 0 saturated carbocycles. The molecule has 0 fully saturated rings. The zero-order valence-corrected chi connectivity index (χ0v) is 11.3. The maximum absolute atomic E-state index is 12.2. The number of aromatic nitrogens is 4. The van der Waals surface area contributed by atoms with Crippen molar-refractivity contribution < 1.29 is 9.53 Å². The Bertz CT molecular complexity index is 784. The van der Waals surface area contributed by atoms with Gasteiger partial charge < -0.3 is 4.74 Å². The number of amides is 1. The van der Waals surface area contributed by atoms with Gasteiger partial charge in [0, 0.05) is 17.1 Å². The standard InChI is InChI=1S/C14H13N5O2/c1-2-21-14-17-13(18-19-14)16-12(20)10-5-6-11-9(8-10)4-3-7-15-11/h3-8H,2H2,1H3,(H2,16,17,18,19,20). The van der Waals surface area contributed by atoms with Crippen molar-refractivity contribution in [3.8, 4) is 6.01 Å². The van der Waals surface area contributed by atoms with Crippen LogP contribution in [0.25, 0.3) is 10.9 Å². The van der Waals surface area contributed by atoms with Crippen molar-refractivity contribution in [2.45, 2.75) is 6.92 Å². The number of anilines is 1. The van der Waals surface area contributed by atoms with Gasteiger partial charge in [0.2, 0.25) is 5.95 Å². The van der Waals surface area contributed by atoms with Crippen LogP contribution in [0.2, 0.25) is 0 Å². The average Bonchev–Trinajstić information content (AvgIpc) is 2.94. The molecule has 0 aliphatic carbocycles. The van der Waals surface area contributed by atoms with Gasteiger partial charge in [0.15, 0.2) is 0 Å². The van der Waals surface area contributed by atoms with E-state index < -0.39 is 0 Å². The average molecular weight is 283 g/mol. The summed E-state index contributed by atoms with van der Waals surface area (Å²) in [6.45, 7) is 2.29. The number of carbonyl (C=O) groups is 1. The largest absolute Gasteiger partial charge is 0.463 e. The highest BCUT2D eigenvalue weighted by Gasteiger charge is 2.10. The topological polar surface area (TPSA) is 92.8 Å². The monoisotopic (exact) mass is 283 g/mol. The van der Waals surface area contributed by atoms with Crippen molar-refractivity contribution in [2.75, 3.05) is 11.9 Å². The highest BCUT2D eigenvalue weighted by Crippen LogP contribution is 2.14. The fourth-order valence-corrected chi connectivity index (χ4v) is 1.89. The third-order valence-electron chi connectivity index (χ3n) is 2.84. The molecule has 106 valence electrons. The van der Waals surface area contributed by atoms with E-state index in [1.165, 1.54) is 0 Å². The number of carbonyl (C=O) groups excluding carboxylic acids is 1. The quantitative estimate of drug-likeness (QED) is 0.764. The van der Waals surface area contributed by atoms with Crippen molar-refractivity contribution in [1.82, 2.24) is 20.2 Å². The molecule has 0 atom stereocenters. The first-order chi connectivity index (χ1) is 10.3. The minimum Gasteiger partial charge on any atom is -0.463 e. The number of hydrogen-bond acceptors (Lipinski definition) is 5. The molecule has 1 aromatic carbocycles. The van der Waals surface area contributed by atoms with Crippen LogP contribution in [-0.4, -0.2) is 32.7 Å². The van der Waals surface area contributed by atoms with Crippen LogP contribution in [-0.2, 0) is 0 Å². The summed E-state index contributed by atoms with van der Waals surface area (Å²) in [7, 11) is 0. The minimum absolute atomic E-state index is 0.204. The van der Waals surface area contributed by atoms with Gasteiger partial charge in [-0.2, -0.15) is 4.98 Å². The summed E-state index contributed by atoms with van der Waals surface area (Å²) in [5.74, 6) is -0.0327. The van der Waals surface area contributed by atoms with Gasteiger partial charge in [-0.1, -0.05) is 6.07 Å². The van der Waals surface area contributed by atoms with Crippen LogP contribution in [0.3, 0.4) is 0 Å². The SMILES string of the molecule is CCOc1n[nH]c(NC(=O)c2ccc3ncccc3c2)n1. The number of fused-ring (bicyclic) bond motifs is 1. The lowest BCUT2D eigenvalue weighted by atomic mass is 10.1. The van der Waals surface area contributed by atoms with E-state index in [2.05, 4.69) is 25.5 Å². The first-order valence-corrected chi connectivity index (χ1v) is 6.47. The Kier molecular flexibility index (Phi) is 3.46. The number of nitrogens with one attached hydrogen (secondary N) is 2. The molecule has 2 aromatic heterocycles. The number of nitrogens with zero attached hydrogens (tertiary/aromatic N) is 3. The van der Waals surface area contributed by atoms with Crippen LogP contribution >= 0.6 is 0 Å². The van der Waals surface area contributed by atoms with Gasteiger partial charge in [-0.05, 0) is 31.2 Å². The van der Waals surface area contributed by atoms with E-state index in [-0.39, 0.29) is 17.9 Å². The summed E-state index contributed by atoms with van der Waals surface area (Å²) in [5, 5.41) is 9.95. The number of benzene rings is 1. The second-order valence-corrected chi connectivity index (χ2v) is 4.26. The number of H-pyrrole nitrogens is 1. The van der Waals surface area contributed by atoms with Crippen LogP contribution in [0.4, 0.5) is 5.95 Å². The molecule has 21 heavy (non-hydrogen) atoms. The molecule has 7 heteroatoms. The number of hydrogen-bond donors (Lipinski definition) is 2. The first kappa shape index (κ1) is 13.0. The molecule has 1 amide bonds. The Morgan fingerprint density at radius 1 is 1.38 bits per heavy atom. The van der Waals surface area contributed by atoms with Gasteiger partial charge in [0.1, 0.15) is 0 Å². The molecule has 0 spiro atoms. The van der Waals surface area contributed by atoms with Crippen LogP contribution in [0, 0.1) is 0 Å². The van der Waals surface area contributed by atoms with Crippen molar-refractivity contribution in [3.63, 3.8) is 0 Å². The van der Waals surface area contributed by atoms with Crippen molar-refractivity contribution >= 4 is 22.8 Å². The van der Waals surface area contributed by atoms with Crippen molar-refractivity contribution in [3.05, 3.63) is 42.1 Å². The van der Waals surface area contributed by atoms with Gasteiger partial charge in [-0.15, -0.1) is 5.10 Å². The summed E-state index contributed by atoms with van der Waals surface area (Å²) >= 11 is 0. The number of pyridine rings is 1. The third kappa shape index (κ3) is 2.81. The first-order valence-electron chi connectivity index (χ1n) is 6.47. The van der Waals surface area contributed by atoms with E-state index in [0.29, 0.717) is 12.2 Å².